The summed E-state index contributed by atoms with van der Waals surface area (Å²) in [5.74, 6) is -0.100. The van der Waals surface area contributed by atoms with Crippen molar-refractivity contribution < 1.29 is 4.39 Å². The molecule has 61 valence electrons. The highest BCUT2D eigenvalue weighted by Crippen LogP contribution is 2.34. The molecule has 1 aliphatic carbocycles. The van der Waals surface area contributed by atoms with Gasteiger partial charge in [-0.3, -0.25) is 0 Å². The van der Waals surface area contributed by atoms with Crippen LogP contribution in [0.4, 0.5) is 4.39 Å². The van der Waals surface area contributed by atoms with Crippen LogP contribution in [0.3, 0.4) is 0 Å². The first-order chi connectivity index (χ1) is 5.68. The Labute approximate surface area is 82.7 Å². The Bertz CT molecular complexity index is 325. The Balaban J connectivity index is 2.60. The molecule has 0 aromatic heterocycles. The Morgan fingerprint density at radius 1 is 1.50 bits per heavy atom. The summed E-state index contributed by atoms with van der Waals surface area (Å²) < 4.78 is 14.2. The van der Waals surface area contributed by atoms with Gasteiger partial charge in [-0.05, 0) is 41.6 Å². The molecule has 3 heteroatoms. The van der Waals surface area contributed by atoms with E-state index in [0.29, 0.717) is 0 Å². The van der Waals surface area contributed by atoms with E-state index in [1.54, 1.807) is 0 Å². The van der Waals surface area contributed by atoms with Gasteiger partial charge >= 0.3 is 0 Å². The molecular formula is C9H7BrFSi. The maximum atomic E-state index is 13.3. The molecule has 1 aromatic carbocycles. The smallest absolute Gasteiger partial charge is 0.127 e. The molecule has 0 bridgehead atoms. The summed E-state index contributed by atoms with van der Waals surface area (Å²) >= 11 is 3.28. The van der Waals surface area contributed by atoms with Crippen LogP contribution in [0.2, 0.25) is 0 Å². The van der Waals surface area contributed by atoms with Gasteiger partial charge in [0.2, 0.25) is 0 Å². The highest BCUT2D eigenvalue weighted by atomic mass is 79.9. The zero-order chi connectivity index (χ0) is 8.72. The molecular weight excluding hydrogens is 235 g/mol. The SMILES string of the molecule is Fc1cc(Br)cc2c1C([Si])CC2. The summed E-state index contributed by atoms with van der Waals surface area (Å²) in [4.78, 5) is 0. The molecule has 0 amide bonds. The van der Waals surface area contributed by atoms with Crippen LogP contribution in [0.25, 0.3) is 0 Å². The van der Waals surface area contributed by atoms with Gasteiger partial charge in [0.15, 0.2) is 0 Å². The van der Waals surface area contributed by atoms with E-state index in [-0.39, 0.29) is 11.4 Å². The van der Waals surface area contributed by atoms with E-state index >= 15 is 0 Å². The highest BCUT2D eigenvalue weighted by Gasteiger charge is 2.22. The van der Waals surface area contributed by atoms with Crippen LogP contribution >= 0.6 is 15.9 Å². The van der Waals surface area contributed by atoms with E-state index < -0.39 is 0 Å². The molecule has 0 saturated carbocycles. The van der Waals surface area contributed by atoms with Crippen molar-refractivity contribution in [1.82, 2.24) is 0 Å². The van der Waals surface area contributed by atoms with Gasteiger partial charge in [-0.15, -0.1) is 0 Å². The topological polar surface area (TPSA) is 0 Å². The van der Waals surface area contributed by atoms with Crippen LogP contribution in [0.5, 0.6) is 0 Å². The van der Waals surface area contributed by atoms with Crippen molar-refractivity contribution >= 4 is 26.2 Å². The van der Waals surface area contributed by atoms with Crippen LogP contribution in [0.15, 0.2) is 16.6 Å². The summed E-state index contributed by atoms with van der Waals surface area (Å²) in [6.45, 7) is 0. The molecule has 0 heterocycles. The fraction of sp³-hybridized carbons (Fsp3) is 0.333. The van der Waals surface area contributed by atoms with E-state index in [1.165, 1.54) is 6.07 Å². The predicted molar refractivity (Wildman–Crippen MR) is 50.9 cm³/mol. The van der Waals surface area contributed by atoms with Crippen molar-refractivity contribution in [2.24, 2.45) is 0 Å². The maximum Gasteiger partial charge on any atom is 0.127 e. The predicted octanol–water partition coefficient (Wildman–Crippen LogP) is 2.74. The summed E-state index contributed by atoms with van der Waals surface area (Å²) in [6, 6.07) is 3.52. The van der Waals surface area contributed by atoms with Gasteiger partial charge in [-0.25, -0.2) is 4.39 Å². The van der Waals surface area contributed by atoms with Gasteiger partial charge < -0.3 is 0 Å². The van der Waals surface area contributed by atoms with Gasteiger partial charge in [-0.1, -0.05) is 15.9 Å². The third-order valence-electron chi connectivity index (χ3n) is 2.23. The number of halogens is 2. The molecule has 0 saturated heterocycles. The largest absolute Gasteiger partial charge is 0.207 e. The van der Waals surface area contributed by atoms with Gasteiger partial charge in [0, 0.05) is 14.7 Å². The first kappa shape index (κ1) is 8.45. The van der Waals surface area contributed by atoms with Crippen molar-refractivity contribution in [2.75, 3.05) is 0 Å². The average molecular weight is 242 g/mol. The molecule has 12 heavy (non-hydrogen) atoms. The number of fused-ring (bicyclic) bond motifs is 1. The van der Waals surface area contributed by atoms with Crippen LogP contribution in [-0.2, 0) is 6.42 Å². The lowest BCUT2D eigenvalue weighted by molar-refractivity contribution is 0.609. The number of rotatable bonds is 0. The molecule has 1 atom stereocenters. The molecule has 0 aliphatic heterocycles. The third-order valence-corrected chi connectivity index (χ3v) is 3.27. The highest BCUT2D eigenvalue weighted by molar-refractivity contribution is 9.10. The molecule has 0 spiro atoms. The van der Waals surface area contributed by atoms with Gasteiger partial charge in [0.25, 0.3) is 0 Å². The lowest BCUT2D eigenvalue weighted by atomic mass is 10.1. The zero-order valence-electron chi connectivity index (χ0n) is 6.40. The molecule has 2 rings (SSSR count). The zero-order valence-corrected chi connectivity index (χ0v) is 8.99. The van der Waals surface area contributed by atoms with Crippen molar-refractivity contribution in [1.29, 1.82) is 0 Å². The monoisotopic (exact) mass is 241 g/mol. The fourth-order valence-corrected chi connectivity index (χ4v) is 2.62. The third kappa shape index (κ3) is 1.25. The first-order valence-corrected chi connectivity index (χ1v) is 5.24. The summed E-state index contributed by atoms with van der Waals surface area (Å²) in [5.41, 5.74) is 2.17. The quantitative estimate of drug-likeness (QED) is 0.613. The molecule has 1 aromatic rings. The standard InChI is InChI=1S/C9H7BrFSi/c10-6-3-5-1-2-8(12)9(5)7(11)4-6/h3-4,8H,1-2H2. The van der Waals surface area contributed by atoms with Crippen molar-refractivity contribution in [2.45, 2.75) is 18.4 Å². The number of benzene rings is 1. The number of hydrogen-bond donors (Lipinski definition) is 0. The minimum Gasteiger partial charge on any atom is -0.207 e. The van der Waals surface area contributed by atoms with Gasteiger partial charge in [-0.2, -0.15) is 0 Å². The lowest BCUT2D eigenvalue weighted by Gasteiger charge is -2.05. The summed E-state index contributed by atoms with van der Waals surface area (Å²) in [7, 11) is 3.51. The molecule has 0 nitrogen and oxygen atoms in total. The Morgan fingerprint density at radius 2 is 2.25 bits per heavy atom. The molecule has 1 unspecified atom stereocenters. The van der Waals surface area contributed by atoms with Crippen molar-refractivity contribution in [3.05, 3.63) is 33.5 Å². The normalized spacial score (nSPS) is 21.1. The molecule has 1 aliphatic rings. The molecule has 0 N–H and O–H groups in total. The van der Waals surface area contributed by atoms with E-state index in [0.717, 1.165) is 28.4 Å². The van der Waals surface area contributed by atoms with E-state index in [4.69, 9.17) is 0 Å². The maximum absolute atomic E-state index is 13.3. The van der Waals surface area contributed by atoms with Crippen LogP contribution in [-0.4, -0.2) is 10.2 Å². The summed E-state index contributed by atoms with van der Waals surface area (Å²) in [5, 5.41) is 0. The van der Waals surface area contributed by atoms with E-state index in [1.807, 2.05) is 6.07 Å². The molecule has 3 radical (unpaired) electrons. The Hall–Kier alpha value is -0.153. The van der Waals surface area contributed by atoms with Gasteiger partial charge in [0.05, 0.1) is 0 Å². The van der Waals surface area contributed by atoms with E-state index in [2.05, 4.69) is 26.2 Å². The second kappa shape index (κ2) is 2.96. The Kier molecular flexibility index (Phi) is 2.08. The fourth-order valence-electron chi connectivity index (χ4n) is 1.68. The van der Waals surface area contributed by atoms with Crippen LogP contribution in [0, 0.1) is 5.82 Å². The van der Waals surface area contributed by atoms with Gasteiger partial charge in [0.1, 0.15) is 5.82 Å². The van der Waals surface area contributed by atoms with Crippen molar-refractivity contribution in [3.8, 4) is 0 Å². The van der Waals surface area contributed by atoms with Crippen molar-refractivity contribution in [3.63, 3.8) is 0 Å². The second-order valence-corrected chi connectivity index (χ2v) is 4.66. The summed E-state index contributed by atoms with van der Waals surface area (Å²) in [6.07, 6.45) is 1.97. The minimum absolute atomic E-state index is 0.100. The lowest BCUT2D eigenvalue weighted by Crippen LogP contribution is -1.95. The minimum atomic E-state index is -0.100. The van der Waals surface area contributed by atoms with Crippen LogP contribution < -0.4 is 0 Å². The van der Waals surface area contributed by atoms with Crippen LogP contribution in [0.1, 0.15) is 23.1 Å². The number of aryl methyl sites for hydroxylation is 1. The second-order valence-electron chi connectivity index (χ2n) is 3.05. The number of hydrogen-bond acceptors (Lipinski definition) is 0. The Morgan fingerprint density at radius 3 is 3.00 bits per heavy atom. The average Bonchev–Trinajstić information content (AvgIpc) is 2.31. The van der Waals surface area contributed by atoms with E-state index in [9.17, 15) is 4.39 Å². The first-order valence-electron chi connectivity index (χ1n) is 3.87. The molecule has 0 fully saturated rings.